The number of amides is 1. The first kappa shape index (κ1) is 16.2. The van der Waals surface area contributed by atoms with E-state index in [1.165, 1.54) is 6.92 Å². The molecule has 0 heterocycles. The van der Waals surface area contributed by atoms with Crippen molar-refractivity contribution in [3.05, 3.63) is 0 Å². The molecule has 0 aliphatic heterocycles. The quantitative estimate of drug-likeness (QED) is 0.654. The molecular weight excluding hydrogens is 237 g/mol. The standard InChI is InChI=1S/C10H19F3N2O2/c1-6(2)8(4-16)15-7(3)9(17)14-5-10(11,12)13/h6-8,15-16H,4-5H2,1-3H3,(H,14,17)/t7?,8-/m1/s1. The van der Waals surface area contributed by atoms with Crippen LogP contribution in [0.15, 0.2) is 0 Å². The van der Waals surface area contributed by atoms with Crippen molar-refractivity contribution in [3.8, 4) is 0 Å². The summed E-state index contributed by atoms with van der Waals surface area (Å²) in [6.07, 6.45) is -4.41. The van der Waals surface area contributed by atoms with Gasteiger partial charge in [-0.3, -0.25) is 4.79 Å². The Bertz CT molecular complexity index is 244. The van der Waals surface area contributed by atoms with Crippen LogP contribution in [0.2, 0.25) is 0 Å². The molecule has 17 heavy (non-hydrogen) atoms. The average Bonchev–Trinajstić information content (AvgIpc) is 2.20. The van der Waals surface area contributed by atoms with Crippen molar-refractivity contribution in [3.63, 3.8) is 0 Å². The number of hydrogen-bond donors (Lipinski definition) is 3. The number of alkyl halides is 3. The summed E-state index contributed by atoms with van der Waals surface area (Å²) < 4.78 is 35.6. The van der Waals surface area contributed by atoms with Gasteiger partial charge in [0.15, 0.2) is 0 Å². The van der Waals surface area contributed by atoms with Gasteiger partial charge in [-0.05, 0) is 12.8 Å². The molecule has 0 aliphatic rings. The smallest absolute Gasteiger partial charge is 0.395 e. The van der Waals surface area contributed by atoms with Crippen LogP contribution in [0.5, 0.6) is 0 Å². The SMILES string of the molecule is CC(N[C@H](CO)C(C)C)C(=O)NCC(F)(F)F. The zero-order chi connectivity index (χ0) is 13.6. The Balaban J connectivity index is 4.13. The minimum Gasteiger partial charge on any atom is -0.395 e. The Kier molecular flexibility index (Phi) is 6.48. The molecule has 0 aromatic rings. The molecule has 0 aliphatic carbocycles. The van der Waals surface area contributed by atoms with Crippen molar-refractivity contribution in [2.24, 2.45) is 5.92 Å². The second-order valence-corrected chi connectivity index (χ2v) is 4.25. The lowest BCUT2D eigenvalue weighted by molar-refractivity contribution is -0.139. The maximum absolute atomic E-state index is 11.9. The van der Waals surface area contributed by atoms with E-state index in [2.05, 4.69) is 5.32 Å². The van der Waals surface area contributed by atoms with E-state index in [1.807, 2.05) is 13.8 Å². The van der Waals surface area contributed by atoms with Crippen LogP contribution in [0.3, 0.4) is 0 Å². The van der Waals surface area contributed by atoms with Crippen LogP contribution >= 0.6 is 0 Å². The fourth-order valence-electron chi connectivity index (χ4n) is 1.19. The van der Waals surface area contributed by atoms with Gasteiger partial charge in [0.25, 0.3) is 0 Å². The highest BCUT2D eigenvalue weighted by Gasteiger charge is 2.29. The molecule has 2 atom stereocenters. The van der Waals surface area contributed by atoms with Crippen molar-refractivity contribution in [1.82, 2.24) is 10.6 Å². The van der Waals surface area contributed by atoms with Crippen molar-refractivity contribution in [1.29, 1.82) is 0 Å². The summed E-state index contributed by atoms with van der Waals surface area (Å²) in [5.74, 6) is -0.653. The van der Waals surface area contributed by atoms with Crippen molar-refractivity contribution >= 4 is 5.91 Å². The lowest BCUT2D eigenvalue weighted by Gasteiger charge is -2.24. The molecule has 1 unspecified atom stereocenters. The number of rotatable bonds is 6. The van der Waals surface area contributed by atoms with Gasteiger partial charge in [0.1, 0.15) is 6.54 Å². The first-order chi connectivity index (χ1) is 7.67. The predicted octanol–water partition coefficient (Wildman–Crippen LogP) is 0.660. The molecule has 3 N–H and O–H groups in total. The maximum atomic E-state index is 11.9. The third-order valence-electron chi connectivity index (χ3n) is 2.32. The van der Waals surface area contributed by atoms with E-state index in [9.17, 15) is 18.0 Å². The third kappa shape index (κ3) is 7.17. The van der Waals surface area contributed by atoms with Crippen molar-refractivity contribution in [2.75, 3.05) is 13.2 Å². The monoisotopic (exact) mass is 256 g/mol. The van der Waals surface area contributed by atoms with Gasteiger partial charge in [-0.25, -0.2) is 0 Å². The van der Waals surface area contributed by atoms with E-state index in [4.69, 9.17) is 5.11 Å². The molecule has 0 bridgehead atoms. The molecule has 0 saturated heterocycles. The van der Waals surface area contributed by atoms with E-state index in [0.717, 1.165) is 0 Å². The van der Waals surface area contributed by atoms with Crippen LogP contribution in [-0.4, -0.2) is 42.4 Å². The molecule has 0 aromatic carbocycles. The fourth-order valence-corrected chi connectivity index (χ4v) is 1.19. The van der Waals surface area contributed by atoms with E-state index >= 15 is 0 Å². The summed E-state index contributed by atoms with van der Waals surface area (Å²) in [6, 6.07) is -1.10. The lowest BCUT2D eigenvalue weighted by Crippen LogP contribution is -2.51. The van der Waals surface area contributed by atoms with E-state index in [1.54, 1.807) is 5.32 Å². The number of hydrogen-bond acceptors (Lipinski definition) is 3. The Hall–Kier alpha value is -0.820. The second-order valence-electron chi connectivity index (χ2n) is 4.25. The number of carbonyl (C=O) groups excluding carboxylic acids is 1. The van der Waals surface area contributed by atoms with Gasteiger partial charge in [0, 0.05) is 6.04 Å². The van der Waals surface area contributed by atoms with Crippen LogP contribution in [-0.2, 0) is 4.79 Å². The molecule has 0 aromatic heterocycles. The molecule has 0 radical (unpaired) electrons. The van der Waals surface area contributed by atoms with Gasteiger partial charge in [-0.1, -0.05) is 13.8 Å². The second kappa shape index (κ2) is 6.80. The topological polar surface area (TPSA) is 61.4 Å². The van der Waals surface area contributed by atoms with Crippen LogP contribution in [0.1, 0.15) is 20.8 Å². The Morgan fingerprint density at radius 3 is 2.18 bits per heavy atom. The molecule has 4 nitrogen and oxygen atoms in total. The summed E-state index contributed by atoms with van der Waals surface area (Å²) in [4.78, 5) is 11.3. The van der Waals surface area contributed by atoms with Gasteiger partial charge in [0.2, 0.25) is 5.91 Å². The van der Waals surface area contributed by atoms with Crippen molar-refractivity contribution in [2.45, 2.75) is 39.0 Å². The Morgan fingerprint density at radius 2 is 1.82 bits per heavy atom. The number of aliphatic hydroxyl groups is 1. The normalized spacial score (nSPS) is 15.8. The van der Waals surface area contributed by atoms with Crippen LogP contribution in [0.4, 0.5) is 13.2 Å². The van der Waals surface area contributed by atoms with Gasteiger partial charge < -0.3 is 15.7 Å². The van der Waals surface area contributed by atoms with Gasteiger partial charge in [-0.2, -0.15) is 13.2 Å². The molecule has 0 fully saturated rings. The predicted molar refractivity (Wildman–Crippen MR) is 57.4 cm³/mol. The molecule has 7 heteroatoms. The average molecular weight is 256 g/mol. The molecule has 0 rings (SSSR count). The molecule has 1 amide bonds. The zero-order valence-corrected chi connectivity index (χ0v) is 10.1. The summed E-state index contributed by atoms with van der Waals surface area (Å²) in [5, 5.41) is 13.6. The lowest BCUT2D eigenvalue weighted by atomic mass is 10.0. The summed E-state index contributed by atoms with van der Waals surface area (Å²) in [5.41, 5.74) is 0. The number of nitrogens with one attached hydrogen (secondary N) is 2. The minimum atomic E-state index is -4.41. The van der Waals surface area contributed by atoms with Gasteiger partial charge in [-0.15, -0.1) is 0 Å². The summed E-state index contributed by atoms with van der Waals surface area (Å²) in [7, 11) is 0. The molecular formula is C10H19F3N2O2. The van der Waals surface area contributed by atoms with E-state index in [0.29, 0.717) is 0 Å². The zero-order valence-electron chi connectivity index (χ0n) is 10.1. The van der Waals surface area contributed by atoms with E-state index < -0.39 is 24.7 Å². The highest BCUT2D eigenvalue weighted by molar-refractivity contribution is 5.81. The molecule has 0 spiro atoms. The first-order valence-electron chi connectivity index (χ1n) is 5.38. The minimum absolute atomic E-state index is 0.0814. The van der Waals surface area contributed by atoms with Crippen molar-refractivity contribution < 1.29 is 23.1 Å². The summed E-state index contributed by atoms with van der Waals surface area (Å²) in [6.45, 7) is 3.62. The van der Waals surface area contributed by atoms with Crippen LogP contribution < -0.4 is 10.6 Å². The summed E-state index contributed by atoms with van der Waals surface area (Å²) >= 11 is 0. The number of carbonyl (C=O) groups is 1. The van der Waals surface area contributed by atoms with Gasteiger partial charge >= 0.3 is 6.18 Å². The Morgan fingerprint density at radius 1 is 1.29 bits per heavy atom. The van der Waals surface area contributed by atoms with Gasteiger partial charge in [0.05, 0.1) is 12.6 Å². The highest BCUT2D eigenvalue weighted by Crippen LogP contribution is 2.12. The Labute approximate surface area is 98.6 Å². The molecule has 0 saturated carbocycles. The largest absolute Gasteiger partial charge is 0.405 e. The van der Waals surface area contributed by atoms with Crippen LogP contribution in [0, 0.1) is 5.92 Å². The number of aliphatic hydroxyl groups excluding tert-OH is 1. The third-order valence-corrected chi connectivity index (χ3v) is 2.32. The highest BCUT2D eigenvalue weighted by atomic mass is 19.4. The molecule has 102 valence electrons. The van der Waals surface area contributed by atoms with E-state index in [-0.39, 0.29) is 18.6 Å². The number of halogens is 3. The maximum Gasteiger partial charge on any atom is 0.405 e. The van der Waals surface area contributed by atoms with Crippen LogP contribution in [0.25, 0.3) is 0 Å². The first-order valence-corrected chi connectivity index (χ1v) is 5.38. The fraction of sp³-hybridized carbons (Fsp3) is 0.900.